The van der Waals surface area contributed by atoms with Gasteiger partial charge < -0.3 is 10.2 Å². The van der Waals surface area contributed by atoms with Crippen LogP contribution in [0.2, 0.25) is 15.1 Å². The summed E-state index contributed by atoms with van der Waals surface area (Å²) in [6.45, 7) is 0.202. The second kappa shape index (κ2) is 14.0. The molecular formula is C30H29Cl3F3N3O4S. The molecule has 7 nitrogen and oxygen atoms in total. The van der Waals surface area contributed by atoms with E-state index in [2.05, 4.69) is 5.32 Å². The van der Waals surface area contributed by atoms with Crippen molar-refractivity contribution in [3.05, 3.63) is 92.9 Å². The van der Waals surface area contributed by atoms with E-state index in [1.54, 1.807) is 24.3 Å². The molecule has 0 unspecified atom stereocenters. The molecule has 3 aromatic carbocycles. The normalized spacial score (nSPS) is 14.7. The second-order valence-electron chi connectivity index (χ2n) is 10.4. The van der Waals surface area contributed by atoms with Gasteiger partial charge in [-0.05, 0) is 62.2 Å². The van der Waals surface area contributed by atoms with Gasteiger partial charge in [-0.25, -0.2) is 8.42 Å². The van der Waals surface area contributed by atoms with Crippen molar-refractivity contribution in [2.45, 2.75) is 62.3 Å². The zero-order valence-electron chi connectivity index (χ0n) is 23.5. The van der Waals surface area contributed by atoms with Crippen molar-refractivity contribution in [2.24, 2.45) is 0 Å². The zero-order chi connectivity index (χ0) is 32.2. The minimum absolute atomic E-state index is 0.0790. The maximum atomic E-state index is 14.1. The number of anilines is 1. The molecule has 0 aromatic heterocycles. The Morgan fingerprint density at radius 1 is 0.932 bits per heavy atom. The Balaban J connectivity index is 1.79. The molecule has 0 bridgehead atoms. The summed E-state index contributed by atoms with van der Waals surface area (Å²) in [5, 5.41) is 3.00. The van der Waals surface area contributed by atoms with Gasteiger partial charge >= 0.3 is 6.18 Å². The van der Waals surface area contributed by atoms with Gasteiger partial charge in [0.15, 0.2) is 0 Å². The summed E-state index contributed by atoms with van der Waals surface area (Å²) in [6.07, 6.45) is -1.38. The van der Waals surface area contributed by atoms with Crippen LogP contribution in [0.1, 0.15) is 43.7 Å². The van der Waals surface area contributed by atoms with Crippen molar-refractivity contribution < 1.29 is 31.2 Å². The molecule has 3 aromatic rings. The Kier molecular flexibility index (Phi) is 10.8. The van der Waals surface area contributed by atoms with Crippen molar-refractivity contribution in [2.75, 3.05) is 10.8 Å². The number of carbonyl (C=O) groups is 2. The van der Waals surface area contributed by atoms with Gasteiger partial charge in [0.2, 0.25) is 11.8 Å². The van der Waals surface area contributed by atoms with Crippen molar-refractivity contribution in [1.82, 2.24) is 10.2 Å². The first kappa shape index (κ1) is 33.9. The molecule has 1 fully saturated rings. The van der Waals surface area contributed by atoms with Gasteiger partial charge in [-0.2, -0.15) is 13.2 Å². The van der Waals surface area contributed by atoms with Crippen molar-refractivity contribution in [3.8, 4) is 0 Å². The summed E-state index contributed by atoms with van der Waals surface area (Å²) >= 11 is 19.0. The van der Waals surface area contributed by atoms with E-state index in [-0.39, 0.29) is 32.5 Å². The van der Waals surface area contributed by atoms with E-state index in [0.717, 1.165) is 36.6 Å². The molecule has 0 heterocycles. The number of hydrogen-bond acceptors (Lipinski definition) is 4. The Bertz CT molecular complexity index is 1600. The highest BCUT2D eigenvalue weighted by atomic mass is 35.5. The summed E-state index contributed by atoms with van der Waals surface area (Å²) in [5.74, 6) is -1.38. The molecule has 0 spiro atoms. The van der Waals surface area contributed by atoms with E-state index >= 15 is 0 Å². The summed E-state index contributed by atoms with van der Waals surface area (Å²) in [5.41, 5.74) is -1.42. The molecule has 4 rings (SSSR count). The van der Waals surface area contributed by atoms with Crippen LogP contribution in [0.15, 0.2) is 71.6 Å². The summed E-state index contributed by atoms with van der Waals surface area (Å²) < 4.78 is 69.4. The molecule has 1 N–H and O–H groups in total. The topological polar surface area (TPSA) is 86.8 Å². The first-order valence-corrected chi connectivity index (χ1v) is 16.2. The third-order valence-electron chi connectivity index (χ3n) is 7.41. The van der Waals surface area contributed by atoms with E-state index in [1.165, 1.54) is 31.2 Å². The third-order valence-corrected chi connectivity index (χ3v) is 10.2. The average Bonchev–Trinajstić information content (AvgIpc) is 3.48. The molecule has 0 radical (unpaired) electrons. The van der Waals surface area contributed by atoms with Gasteiger partial charge in [-0.1, -0.05) is 71.9 Å². The van der Waals surface area contributed by atoms with Crippen molar-refractivity contribution in [1.29, 1.82) is 0 Å². The number of nitrogens with zero attached hydrogens (tertiary/aromatic N) is 2. The first-order valence-electron chi connectivity index (χ1n) is 13.7. The average molecular weight is 691 g/mol. The van der Waals surface area contributed by atoms with Crippen molar-refractivity contribution in [3.63, 3.8) is 0 Å². The quantitative estimate of drug-likeness (QED) is 0.241. The minimum atomic E-state index is -4.83. The molecule has 1 aliphatic rings. The number of nitrogens with one attached hydrogen (secondary N) is 1. The van der Waals surface area contributed by atoms with Crippen LogP contribution in [-0.4, -0.2) is 43.8 Å². The Morgan fingerprint density at radius 2 is 1.55 bits per heavy atom. The molecule has 2 amide bonds. The van der Waals surface area contributed by atoms with Gasteiger partial charge in [-0.3, -0.25) is 13.9 Å². The summed E-state index contributed by atoms with van der Waals surface area (Å²) in [4.78, 5) is 28.3. The predicted molar refractivity (Wildman–Crippen MR) is 164 cm³/mol. The standard InChI is InChI=1S/C30H29Cl3F3N3O4S/c1-19(29(41)37-21-8-5-6-9-21)38(17-23-24(31)12-7-13-25(23)32)28(40)18-39(44(42,43)22-10-3-2-4-11-22)27-16-20(30(34,35)36)14-15-26(27)33/h2-4,7,10-16,19,21H,5-6,8-9,17-18H2,1H3,(H,37,41)/t19-/m0/s1. The molecular weight excluding hydrogens is 662 g/mol. The summed E-state index contributed by atoms with van der Waals surface area (Å²) in [6, 6.07) is 12.6. The monoisotopic (exact) mass is 689 g/mol. The second-order valence-corrected chi connectivity index (χ2v) is 13.5. The molecule has 236 valence electrons. The van der Waals surface area contributed by atoms with Crippen LogP contribution in [0.5, 0.6) is 0 Å². The van der Waals surface area contributed by atoms with Crippen LogP contribution < -0.4 is 9.62 Å². The Hall–Kier alpha value is -2.99. The highest BCUT2D eigenvalue weighted by molar-refractivity contribution is 7.92. The van der Waals surface area contributed by atoms with Gasteiger partial charge in [0.05, 0.1) is 21.2 Å². The molecule has 1 aliphatic carbocycles. The molecule has 44 heavy (non-hydrogen) atoms. The number of benzene rings is 3. The van der Waals surface area contributed by atoms with Crippen LogP contribution in [0.3, 0.4) is 0 Å². The minimum Gasteiger partial charge on any atom is -0.352 e. The van der Waals surface area contributed by atoms with Crippen LogP contribution >= 0.6 is 34.8 Å². The fourth-order valence-corrected chi connectivity index (χ4v) is 7.17. The van der Waals surface area contributed by atoms with E-state index in [4.69, 9.17) is 34.8 Å². The molecule has 0 aliphatic heterocycles. The fraction of sp³-hybridized carbons (Fsp3) is 0.333. The lowest BCUT2D eigenvalue weighted by molar-refractivity contribution is -0.139. The molecule has 0 saturated heterocycles. The lowest BCUT2D eigenvalue weighted by atomic mass is 10.1. The number of rotatable bonds is 10. The molecule has 1 saturated carbocycles. The first-order chi connectivity index (χ1) is 20.7. The predicted octanol–water partition coefficient (Wildman–Crippen LogP) is 7.34. The lowest BCUT2D eigenvalue weighted by Gasteiger charge is -2.33. The number of sulfonamides is 1. The molecule has 14 heteroatoms. The van der Waals surface area contributed by atoms with Crippen molar-refractivity contribution >= 4 is 62.3 Å². The lowest BCUT2D eigenvalue weighted by Crippen LogP contribution is -2.52. The SMILES string of the molecule is C[C@@H](C(=O)NC1CCCC1)N(Cc1c(Cl)cccc1Cl)C(=O)CN(c1cc(C(F)(F)F)ccc1Cl)S(=O)(=O)c1ccccc1. The maximum Gasteiger partial charge on any atom is 0.416 e. The fourth-order valence-electron chi connectivity index (χ4n) is 4.94. The smallest absolute Gasteiger partial charge is 0.352 e. The van der Waals surface area contributed by atoms with Crippen LogP contribution in [0, 0.1) is 0 Å². The summed E-state index contributed by atoms with van der Waals surface area (Å²) in [7, 11) is -4.64. The number of halogens is 6. The van der Waals surface area contributed by atoms with E-state index in [1.807, 2.05) is 0 Å². The van der Waals surface area contributed by atoms with Crippen LogP contribution in [0.25, 0.3) is 0 Å². The Labute approximate surface area is 268 Å². The number of hydrogen-bond donors (Lipinski definition) is 1. The highest BCUT2D eigenvalue weighted by Gasteiger charge is 2.37. The van der Waals surface area contributed by atoms with Gasteiger partial charge in [0.1, 0.15) is 12.6 Å². The van der Waals surface area contributed by atoms with Gasteiger partial charge in [0, 0.05) is 28.2 Å². The number of amides is 2. The highest BCUT2D eigenvalue weighted by Crippen LogP contribution is 2.37. The largest absolute Gasteiger partial charge is 0.416 e. The number of alkyl halides is 3. The maximum absolute atomic E-state index is 14.1. The van der Waals surface area contributed by atoms with Gasteiger partial charge in [-0.15, -0.1) is 0 Å². The number of carbonyl (C=O) groups excluding carboxylic acids is 2. The zero-order valence-corrected chi connectivity index (χ0v) is 26.5. The molecule has 1 atom stereocenters. The third kappa shape index (κ3) is 7.80. The van der Waals surface area contributed by atoms with E-state index in [0.29, 0.717) is 22.0 Å². The van der Waals surface area contributed by atoms with Crippen LogP contribution in [-0.2, 0) is 32.3 Å². The van der Waals surface area contributed by atoms with E-state index < -0.39 is 51.9 Å². The van der Waals surface area contributed by atoms with E-state index in [9.17, 15) is 31.2 Å². The van der Waals surface area contributed by atoms with Crippen LogP contribution in [0.4, 0.5) is 18.9 Å². The van der Waals surface area contributed by atoms with Gasteiger partial charge in [0.25, 0.3) is 10.0 Å². The Morgan fingerprint density at radius 3 is 2.14 bits per heavy atom.